The maximum Gasteiger partial charge on any atom is 0.501 e. The summed E-state index contributed by atoms with van der Waals surface area (Å²) in [7, 11) is -4.09. The highest BCUT2D eigenvalue weighted by molar-refractivity contribution is 7.92. The van der Waals surface area contributed by atoms with E-state index in [-0.39, 0.29) is 18.1 Å². The largest absolute Gasteiger partial charge is 0.501 e. The van der Waals surface area contributed by atoms with E-state index in [0.29, 0.717) is 29.0 Å². The van der Waals surface area contributed by atoms with Gasteiger partial charge in [0.05, 0.1) is 17.7 Å². The number of ether oxygens (including phenoxy) is 1. The molecule has 2 heterocycles. The molecule has 0 unspecified atom stereocenters. The van der Waals surface area contributed by atoms with Crippen molar-refractivity contribution in [2.45, 2.75) is 36.3 Å². The molecule has 1 aliphatic heterocycles. The van der Waals surface area contributed by atoms with E-state index in [9.17, 15) is 36.0 Å². The lowest BCUT2D eigenvalue weighted by molar-refractivity contribution is -0.123. The molecule has 3 aromatic rings. The Bertz CT molecular complexity index is 1570. The van der Waals surface area contributed by atoms with Crippen LogP contribution in [0.25, 0.3) is 0 Å². The van der Waals surface area contributed by atoms with Crippen molar-refractivity contribution in [3.8, 4) is 5.75 Å². The minimum Gasteiger partial charge on any atom is -0.497 e. The molecular formula is C26H23F3N4O6S. The summed E-state index contributed by atoms with van der Waals surface area (Å²) in [5, 5.41) is 2.66. The van der Waals surface area contributed by atoms with Gasteiger partial charge in [-0.15, -0.1) is 0 Å². The monoisotopic (exact) mass is 576 g/mol. The van der Waals surface area contributed by atoms with Crippen LogP contribution in [-0.2, 0) is 21.2 Å². The second kappa shape index (κ2) is 10.3. The van der Waals surface area contributed by atoms with Gasteiger partial charge in [0.1, 0.15) is 17.1 Å². The van der Waals surface area contributed by atoms with Crippen LogP contribution in [0.1, 0.15) is 29.8 Å². The molecule has 1 aliphatic rings. The molecular weight excluding hydrogens is 553 g/mol. The minimum atomic E-state index is -5.59. The van der Waals surface area contributed by atoms with Crippen LogP contribution in [0.3, 0.4) is 0 Å². The zero-order chi connectivity index (χ0) is 29.5. The van der Waals surface area contributed by atoms with Crippen LogP contribution >= 0.6 is 0 Å². The summed E-state index contributed by atoms with van der Waals surface area (Å²) in [6.07, 6.45) is 1.42. The number of methoxy groups -OCH3 is 1. The number of carbonyl (C=O) groups is 3. The number of halogens is 3. The molecule has 0 atom stereocenters. The molecule has 40 heavy (non-hydrogen) atoms. The zero-order valence-corrected chi connectivity index (χ0v) is 22.2. The normalized spacial score (nSPS) is 15.3. The number of imide groups is 1. The average molecular weight is 577 g/mol. The Morgan fingerprint density at radius 3 is 2.23 bits per heavy atom. The van der Waals surface area contributed by atoms with Gasteiger partial charge in [-0.3, -0.25) is 9.59 Å². The number of nitrogens with one attached hydrogen (secondary N) is 1. The van der Waals surface area contributed by atoms with Crippen LogP contribution in [0.4, 0.5) is 29.5 Å². The van der Waals surface area contributed by atoms with Gasteiger partial charge in [0.2, 0.25) is 0 Å². The summed E-state index contributed by atoms with van der Waals surface area (Å²) in [6.45, 7) is 2.94. The average Bonchev–Trinajstić information content (AvgIpc) is 3.07. The third-order valence-corrected chi connectivity index (χ3v) is 7.79. The SMILES string of the molecule is COc1ccc(C(=O)Nc2cc(CN3C(=O)N(c4ccc(S(=O)(=O)C(F)(F)F)cc4)C(=O)C3(C)C)ccn2)cc1. The van der Waals surface area contributed by atoms with Crippen molar-refractivity contribution in [3.05, 3.63) is 78.0 Å². The Balaban J connectivity index is 1.53. The van der Waals surface area contributed by atoms with Crippen LogP contribution < -0.4 is 15.0 Å². The van der Waals surface area contributed by atoms with Gasteiger partial charge < -0.3 is 15.0 Å². The van der Waals surface area contributed by atoms with E-state index >= 15 is 0 Å². The highest BCUT2D eigenvalue weighted by atomic mass is 32.2. The minimum absolute atomic E-state index is 0.0669. The molecule has 1 aromatic heterocycles. The zero-order valence-electron chi connectivity index (χ0n) is 21.4. The van der Waals surface area contributed by atoms with E-state index in [0.717, 1.165) is 17.0 Å². The molecule has 0 radical (unpaired) electrons. The Morgan fingerprint density at radius 2 is 1.65 bits per heavy atom. The van der Waals surface area contributed by atoms with E-state index < -0.39 is 43.6 Å². The number of alkyl halides is 3. The lowest BCUT2D eigenvalue weighted by Crippen LogP contribution is -2.43. The van der Waals surface area contributed by atoms with Gasteiger partial charge in [0.15, 0.2) is 0 Å². The first-order valence-corrected chi connectivity index (χ1v) is 13.1. The maximum absolute atomic E-state index is 13.3. The number of benzene rings is 2. The van der Waals surface area contributed by atoms with E-state index in [1.54, 1.807) is 30.3 Å². The van der Waals surface area contributed by atoms with Gasteiger partial charge in [-0.1, -0.05) is 0 Å². The first kappa shape index (κ1) is 28.5. The Kier molecular flexibility index (Phi) is 7.32. The molecule has 14 heteroatoms. The van der Waals surface area contributed by atoms with Crippen LogP contribution in [0.5, 0.6) is 5.75 Å². The van der Waals surface area contributed by atoms with Gasteiger partial charge >= 0.3 is 11.5 Å². The predicted octanol–water partition coefficient (Wildman–Crippen LogP) is 4.38. The lowest BCUT2D eigenvalue weighted by atomic mass is 10.0. The molecule has 1 fully saturated rings. The van der Waals surface area contributed by atoms with Crippen molar-refractivity contribution >= 4 is 39.2 Å². The molecule has 0 saturated carbocycles. The number of hydrogen-bond acceptors (Lipinski definition) is 7. The van der Waals surface area contributed by atoms with Crippen LogP contribution in [0.15, 0.2) is 71.8 Å². The first-order chi connectivity index (χ1) is 18.7. The molecule has 210 valence electrons. The number of aromatic nitrogens is 1. The number of nitrogens with zero attached hydrogens (tertiary/aromatic N) is 3. The molecule has 2 aromatic carbocycles. The standard InChI is InChI=1S/C26H23F3N4O6S/c1-25(2)23(35)33(18-6-10-20(11-7-18)40(37,38)26(27,28)29)24(36)32(25)15-16-12-13-30-21(14-16)31-22(34)17-4-8-19(39-3)9-5-17/h4-14H,15H2,1-3H3,(H,30,31,34). The van der Waals surface area contributed by atoms with E-state index in [1.165, 1.54) is 38.1 Å². The summed E-state index contributed by atoms with van der Waals surface area (Å²) >= 11 is 0. The number of anilines is 2. The molecule has 0 bridgehead atoms. The topological polar surface area (TPSA) is 126 Å². The van der Waals surface area contributed by atoms with Crippen LogP contribution in [0.2, 0.25) is 0 Å². The molecule has 1 saturated heterocycles. The second-order valence-corrected chi connectivity index (χ2v) is 11.2. The maximum atomic E-state index is 13.3. The Hall–Kier alpha value is -4.46. The van der Waals surface area contributed by atoms with Gasteiger partial charge in [-0.2, -0.15) is 13.2 Å². The molecule has 4 rings (SSSR count). The van der Waals surface area contributed by atoms with Gasteiger partial charge in [-0.05, 0) is 80.1 Å². The van der Waals surface area contributed by atoms with E-state index in [1.807, 2.05) is 0 Å². The molecule has 10 nitrogen and oxygen atoms in total. The number of urea groups is 1. The van der Waals surface area contributed by atoms with Gasteiger partial charge in [0.25, 0.3) is 21.7 Å². The fourth-order valence-electron chi connectivity index (χ4n) is 3.99. The van der Waals surface area contributed by atoms with E-state index in [4.69, 9.17) is 4.74 Å². The van der Waals surface area contributed by atoms with Crippen molar-refractivity contribution in [2.24, 2.45) is 0 Å². The number of rotatable bonds is 7. The van der Waals surface area contributed by atoms with E-state index in [2.05, 4.69) is 10.3 Å². The second-order valence-electron chi connectivity index (χ2n) is 9.24. The smallest absolute Gasteiger partial charge is 0.497 e. The quantitative estimate of drug-likeness (QED) is 0.414. The van der Waals surface area contributed by atoms with Crippen molar-refractivity contribution in [2.75, 3.05) is 17.3 Å². The molecule has 0 spiro atoms. The number of pyridine rings is 1. The van der Waals surface area contributed by atoms with Crippen molar-refractivity contribution in [3.63, 3.8) is 0 Å². The van der Waals surface area contributed by atoms with Crippen molar-refractivity contribution in [1.82, 2.24) is 9.88 Å². The highest BCUT2D eigenvalue weighted by Gasteiger charge is 2.52. The Morgan fingerprint density at radius 1 is 1.02 bits per heavy atom. The Labute approximate surface area is 227 Å². The fraction of sp³-hybridized carbons (Fsp3) is 0.231. The fourth-order valence-corrected chi connectivity index (χ4v) is 4.75. The first-order valence-electron chi connectivity index (χ1n) is 11.6. The highest BCUT2D eigenvalue weighted by Crippen LogP contribution is 2.35. The van der Waals surface area contributed by atoms with Crippen molar-refractivity contribution < 1.29 is 40.7 Å². The predicted molar refractivity (Wildman–Crippen MR) is 137 cm³/mol. The van der Waals surface area contributed by atoms with Crippen LogP contribution in [0, 0.1) is 0 Å². The third-order valence-electron chi connectivity index (χ3n) is 6.29. The summed E-state index contributed by atoms with van der Waals surface area (Å²) in [4.78, 5) is 44.2. The molecule has 1 N–H and O–H groups in total. The van der Waals surface area contributed by atoms with Gasteiger partial charge in [0, 0.05) is 18.3 Å². The lowest BCUT2D eigenvalue weighted by Gasteiger charge is -2.27. The third kappa shape index (κ3) is 5.21. The summed E-state index contributed by atoms with van der Waals surface area (Å²) in [6, 6.07) is 12.1. The summed E-state index contributed by atoms with van der Waals surface area (Å²) in [5.74, 6) is -0.305. The summed E-state index contributed by atoms with van der Waals surface area (Å²) < 4.78 is 67.0. The van der Waals surface area contributed by atoms with Gasteiger partial charge in [-0.25, -0.2) is 23.1 Å². The molecule has 0 aliphatic carbocycles. The number of amides is 4. The van der Waals surface area contributed by atoms with Crippen LogP contribution in [-0.4, -0.2) is 54.3 Å². The molecule has 4 amide bonds. The number of carbonyl (C=O) groups excluding carboxylic acids is 3. The van der Waals surface area contributed by atoms with Crippen molar-refractivity contribution in [1.29, 1.82) is 0 Å². The number of sulfone groups is 1. The summed E-state index contributed by atoms with van der Waals surface area (Å²) in [5.41, 5.74) is -6.05. The number of hydrogen-bond donors (Lipinski definition) is 1.